The lowest BCUT2D eigenvalue weighted by Gasteiger charge is -2.28. The molecule has 3 aromatic rings. The third-order valence-electron chi connectivity index (χ3n) is 5.79. The molecule has 0 bridgehead atoms. The van der Waals surface area contributed by atoms with Crippen LogP contribution < -0.4 is 14.7 Å². The van der Waals surface area contributed by atoms with Crippen LogP contribution in [0.5, 0.6) is 0 Å². The first kappa shape index (κ1) is 20.0. The maximum Gasteiger partial charge on any atom is 0.247 e. The number of rotatable bonds is 5. The summed E-state index contributed by atoms with van der Waals surface area (Å²) < 4.78 is 0. The number of carbonyl (C=O) groups is 3. The Morgan fingerprint density at radius 2 is 1.38 bits per heavy atom. The summed E-state index contributed by atoms with van der Waals surface area (Å²) >= 11 is 0. The Hall–Kier alpha value is -3.93. The van der Waals surface area contributed by atoms with Crippen LogP contribution in [-0.4, -0.2) is 30.3 Å². The topological polar surface area (TPSA) is 60.9 Å². The predicted octanol–water partition coefficient (Wildman–Crippen LogP) is 4.28. The van der Waals surface area contributed by atoms with Crippen molar-refractivity contribution in [2.45, 2.75) is 25.3 Å². The van der Waals surface area contributed by atoms with Crippen LogP contribution >= 0.6 is 0 Å². The van der Waals surface area contributed by atoms with Crippen molar-refractivity contribution in [3.8, 4) is 0 Å². The molecular weight excluding hydrogens is 402 g/mol. The number of amides is 3. The molecule has 6 heteroatoms. The maximum absolute atomic E-state index is 13.4. The van der Waals surface area contributed by atoms with E-state index in [2.05, 4.69) is 0 Å². The normalized spacial score (nSPS) is 15.9. The van der Waals surface area contributed by atoms with Crippen LogP contribution in [0.25, 0.3) is 0 Å². The molecule has 0 N–H and O–H groups in total. The molecule has 6 nitrogen and oxygen atoms in total. The van der Waals surface area contributed by atoms with Crippen molar-refractivity contribution in [3.05, 3.63) is 84.9 Å². The van der Waals surface area contributed by atoms with Gasteiger partial charge in [0.25, 0.3) is 0 Å². The third-order valence-corrected chi connectivity index (χ3v) is 5.79. The van der Waals surface area contributed by atoms with Gasteiger partial charge in [-0.1, -0.05) is 48.5 Å². The number of carbonyl (C=O) groups excluding carboxylic acids is 3. The van der Waals surface area contributed by atoms with Gasteiger partial charge < -0.3 is 9.80 Å². The first-order valence-electron chi connectivity index (χ1n) is 10.8. The predicted molar refractivity (Wildman–Crippen MR) is 124 cm³/mol. The zero-order valence-corrected chi connectivity index (χ0v) is 17.6. The molecule has 32 heavy (non-hydrogen) atoms. The average Bonchev–Trinajstić information content (AvgIpc) is 3.65. The van der Waals surface area contributed by atoms with Gasteiger partial charge in [0.15, 0.2) is 0 Å². The second kappa shape index (κ2) is 8.30. The van der Waals surface area contributed by atoms with E-state index in [0.29, 0.717) is 17.1 Å². The highest BCUT2D eigenvalue weighted by atomic mass is 16.2. The zero-order valence-electron chi connectivity index (χ0n) is 17.6. The molecule has 1 saturated carbocycles. The minimum Gasteiger partial charge on any atom is -0.308 e. The molecule has 0 spiro atoms. The minimum absolute atomic E-state index is 0.114. The highest BCUT2D eigenvalue weighted by Crippen LogP contribution is 2.38. The largest absolute Gasteiger partial charge is 0.308 e. The number of para-hydroxylation sites is 4. The van der Waals surface area contributed by atoms with Crippen molar-refractivity contribution in [2.75, 3.05) is 21.2 Å². The van der Waals surface area contributed by atoms with Crippen LogP contribution in [0.2, 0.25) is 0 Å². The van der Waals surface area contributed by atoms with Gasteiger partial charge >= 0.3 is 0 Å². The average molecular weight is 425 g/mol. The third kappa shape index (κ3) is 3.75. The van der Waals surface area contributed by atoms with Crippen LogP contribution in [0.3, 0.4) is 0 Å². The lowest BCUT2D eigenvalue weighted by molar-refractivity contribution is -0.127. The molecule has 1 heterocycles. The first-order valence-corrected chi connectivity index (χ1v) is 10.8. The molecule has 3 amide bonds. The van der Waals surface area contributed by atoms with E-state index in [1.54, 1.807) is 15.9 Å². The highest BCUT2D eigenvalue weighted by molar-refractivity contribution is 6.19. The molecule has 0 aromatic heterocycles. The quantitative estimate of drug-likeness (QED) is 0.573. The minimum atomic E-state index is -0.377. The van der Waals surface area contributed by atoms with E-state index in [4.69, 9.17) is 0 Å². The summed E-state index contributed by atoms with van der Waals surface area (Å²) in [4.78, 5) is 44.5. The Kier molecular flexibility index (Phi) is 5.19. The Morgan fingerprint density at radius 1 is 0.781 bits per heavy atom. The molecule has 3 aromatic carbocycles. The van der Waals surface area contributed by atoms with E-state index in [-0.39, 0.29) is 36.7 Å². The number of fused-ring (bicyclic) bond motifs is 1. The summed E-state index contributed by atoms with van der Waals surface area (Å²) in [5.74, 6) is -0.841. The van der Waals surface area contributed by atoms with Crippen molar-refractivity contribution >= 4 is 40.5 Å². The second-order valence-electron chi connectivity index (χ2n) is 8.04. The Labute approximate surface area is 186 Å². The fraction of sp³-hybridized carbons (Fsp3) is 0.192. The van der Waals surface area contributed by atoms with Crippen molar-refractivity contribution in [1.29, 1.82) is 0 Å². The van der Waals surface area contributed by atoms with Gasteiger partial charge in [0.05, 0.1) is 11.4 Å². The van der Waals surface area contributed by atoms with E-state index in [1.165, 1.54) is 4.90 Å². The highest BCUT2D eigenvalue weighted by Gasteiger charge is 2.37. The lowest BCUT2D eigenvalue weighted by Crippen LogP contribution is -2.44. The SMILES string of the molecule is O=C1CC(=O)N(c2ccccc2)c2ccccc2N1CC(=O)N(c1ccccc1)C1CC1. The van der Waals surface area contributed by atoms with E-state index < -0.39 is 0 Å². The number of hydrogen-bond donors (Lipinski definition) is 0. The molecule has 1 aliphatic heterocycles. The van der Waals surface area contributed by atoms with Gasteiger partial charge in [-0.2, -0.15) is 0 Å². The molecule has 160 valence electrons. The molecule has 0 unspecified atom stereocenters. The molecule has 2 aliphatic rings. The van der Waals surface area contributed by atoms with Crippen LogP contribution in [0.4, 0.5) is 22.7 Å². The van der Waals surface area contributed by atoms with Crippen LogP contribution in [0, 0.1) is 0 Å². The summed E-state index contributed by atoms with van der Waals surface area (Å²) in [6, 6.07) is 26.2. The van der Waals surface area contributed by atoms with Crippen molar-refractivity contribution < 1.29 is 14.4 Å². The second-order valence-corrected chi connectivity index (χ2v) is 8.04. The van der Waals surface area contributed by atoms with Gasteiger partial charge in [-0.25, -0.2) is 0 Å². The molecule has 0 saturated heterocycles. The van der Waals surface area contributed by atoms with Crippen molar-refractivity contribution in [2.24, 2.45) is 0 Å². The fourth-order valence-corrected chi connectivity index (χ4v) is 4.18. The van der Waals surface area contributed by atoms with Crippen LogP contribution in [0.1, 0.15) is 19.3 Å². The molecule has 0 radical (unpaired) electrons. The Bertz CT molecular complexity index is 1160. The molecule has 1 aliphatic carbocycles. The smallest absolute Gasteiger partial charge is 0.247 e. The first-order chi connectivity index (χ1) is 15.6. The molecule has 5 rings (SSSR count). The van der Waals surface area contributed by atoms with Crippen LogP contribution in [-0.2, 0) is 14.4 Å². The summed E-state index contributed by atoms with van der Waals surface area (Å²) in [7, 11) is 0. The van der Waals surface area contributed by atoms with E-state index in [0.717, 1.165) is 18.5 Å². The molecule has 0 atom stereocenters. The van der Waals surface area contributed by atoms with E-state index >= 15 is 0 Å². The summed E-state index contributed by atoms with van der Waals surface area (Å²) in [6.45, 7) is -0.114. The standard InChI is InChI=1S/C26H23N3O3/c30-24-17-25(31)29(20-11-5-2-6-12-20)23-14-8-7-13-22(23)27(24)18-26(32)28(21-15-16-21)19-9-3-1-4-10-19/h1-14,21H,15-18H2. The van der Waals surface area contributed by atoms with Gasteiger partial charge in [-0.05, 0) is 49.2 Å². The van der Waals surface area contributed by atoms with Gasteiger partial charge in [0.1, 0.15) is 13.0 Å². The van der Waals surface area contributed by atoms with E-state index in [1.807, 2.05) is 78.9 Å². The number of hydrogen-bond acceptors (Lipinski definition) is 3. The van der Waals surface area contributed by atoms with E-state index in [9.17, 15) is 14.4 Å². The Balaban J connectivity index is 1.51. The molecule has 1 fully saturated rings. The summed E-state index contributed by atoms with van der Waals surface area (Å²) in [5, 5.41) is 0. The van der Waals surface area contributed by atoms with Gasteiger partial charge in [0, 0.05) is 17.4 Å². The summed E-state index contributed by atoms with van der Waals surface area (Å²) in [5.41, 5.74) is 2.68. The number of nitrogens with zero attached hydrogens (tertiary/aromatic N) is 3. The zero-order chi connectivity index (χ0) is 22.1. The number of benzene rings is 3. The van der Waals surface area contributed by atoms with Gasteiger partial charge in [-0.15, -0.1) is 0 Å². The van der Waals surface area contributed by atoms with Crippen molar-refractivity contribution in [1.82, 2.24) is 0 Å². The number of anilines is 4. The van der Waals surface area contributed by atoms with Crippen molar-refractivity contribution in [3.63, 3.8) is 0 Å². The Morgan fingerprint density at radius 3 is 2.03 bits per heavy atom. The van der Waals surface area contributed by atoms with Gasteiger partial charge in [-0.3, -0.25) is 19.3 Å². The lowest BCUT2D eigenvalue weighted by atomic mass is 10.2. The summed E-state index contributed by atoms with van der Waals surface area (Å²) in [6.07, 6.45) is 1.60. The maximum atomic E-state index is 13.4. The molecular formula is C26H23N3O3. The van der Waals surface area contributed by atoms with Gasteiger partial charge in [0.2, 0.25) is 17.7 Å². The fourth-order valence-electron chi connectivity index (χ4n) is 4.18. The monoisotopic (exact) mass is 425 g/mol. The van der Waals surface area contributed by atoms with Crippen LogP contribution in [0.15, 0.2) is 84.9 Å².